The first-order valence-electron chi connectivity index (χ1n) is 6.05. The molecule has 0 amide bonds. The molecule has 0 spiro atoms. The van der Waals surface area contributed by atoms with E-state index in [0.29, 0.717) is 6.61 Å². The number of esters is 2. The van der Waals surface area contributed by atoms with Crippen LogP contribution < -0.4 is 0 Å². The van der Waals surface area contributed by atoms with Gasteiger partial charge in [0.1, 0.15) is 6.10 Å². The topological polar surface area (TPSA) is 52.6 Å². The molecule has 1 unspecified atom stereocenters. The van der Waals surface area contributed by atoms with Crippen molar-refractivity contribution in [2.75, 3.05) is 12.5 Å². The van der Waals surface area contributed by atoms with Gasteiger partial charge in [0.25, 0.3) is 0 Å². The number of rotatable bonds is 9. The molecule has 0 saturated carbocycles. The van der Waals surface area contributed by atoms with Gasteiger partial charge in [-0.15, -0.1) is 11.6 Å². The molecule has 0 saturated heterocycles. The molecule has 0 fully saturated rings. The molecule has 100 valence electrons. The second kappa shape index (κ2) is 10.4. The molecule has 0 bridgehead atoms. The second-order valence-electron chi connectivity index (χ2n) is 3.75. The summed E-state index contributed by atoms with van der Waals surface area (Å²) in [6.07, 6.45) is 2.71. The maximum Gasteiger partial charge on any atom is 0.309 e. The van der Waals surface area contributed by atoms with Gasteiger partial charge in [0.15, 0.2) is 0 Å². The van der Waals surface area contributed by atoms with Gasteiger partial charge in [-0.1, -0.05) is 26.7 Å². The monoisotopic (exact) mass is 264 g/mol. The van der Waals surface area contributed by atoms with Gasteiger partial charge in [-0.05, 0) is 6.42 Å². The van der Waals surface area contributed by atoms with E-state index < -0.39 is 6.10 Å². The van der Waals surface area contributed by atoms with Gasteiger partial charge in [-0.3, -0.25) is 9.59 Å². The van der Waals surface area contributed by atoms with Crippen LogP contribution in [0.1, 0.15) is 46.0 Å². The molecule has 0 heterocycles. The minimum Gasteiger partial charge on any atom is -0.466 e. The summed E-state index contributed by atoms with van der Waals surface area (Å²) >= 11 is 5.61. The molecule has 0 aromatic rings. The fraction of sp³-hybridized carbons (Fsp3) is 0.833. The van der Waals surface area contributed by atoms with Crippen molar-refractivity contribution in [2.24, 2.45) is 0 Å². The number of unbranched alkanes of at least 4 members (excludes halogenated alkanes) is 2. The van der Waals surface area contributed by atoms with Crippen molar-refractivity contribution >= 4 is 23.5 Å². The summed E-state index contributed by atoms with van der Waals surface area (Å²) in [6, 6.07) is 0. The molecule has 0 N–H and O–H groups in total. The highest BCUT2D eigenvalue weighted by molar-refractivity contribution is 6.18. The minimum absolute atomic E-state index is 0.0291. The molecule has 0 radical (unpaired) electrons. The van der Waals surface area contributed by atoms with Crippen LogP contribution in [-0.4, -0.2) is 30.5 Å². The summed E-state index contributed by atoms with van der Waals surface area (Å²) in [7, 11) is 0. The highest BCUT2D eigenvalue weighted by atomic mass is 35.5. The van der Waals surface area contributed by atoms with Crippen molar-refractivity contribution in [2.45, 2.75) is 52.1 Å². The molecular formula is C12H21ClO4. The summed E-state index contributed by atoms with van der Waals surface area (Å²) in [5, 5.41) is 0. The molecule has 5 heteroatoms. The Bertz CT molecular complexity index is 231. The Morgan fingerprint density at radius 1 is 1.18 bits per heavy atom. The molecule has 0 aromatic carbocycles. The standard InChI is InChI=1S/C12H21ClO4/c1-3-5-6-7-16-12(15)8-10(9-13)17-11(14)4-2/h10H,3-9H2,1-2H3. The van der Waals surface area contributed by atoms with Gasteiger partial charge in [0.2, 0.25) is 0 Å². The predicted molar refractivity (Wildman–Crippen MR) is 66.0 cm³/mol. The number of hydrogen-bond donors (Lipinski definition) is 0. The number of ether oxygens (including phenoxy) is 2. The predicted octanol–water partition coefficient (Wildman–Crippen LogP) is 2.67. The van der Waals surface area contributed by atoms with Gasteiger partial charge in [0, 0.05) is 6.42 Å². The van der Waals surface area contributed by atoms with Crippen LogP contribution in [0.4, 0.5) is 0 Å². The molecule has 4 nitrogen and oxygen atoms in total. The first-order valence-corrected chi connectivity index (χ1v) is 6.58. The van der Waals surface area contributed by atoms with E-state index in [1.165, 1.54) is 0 Å². The molecule has 0 aliphatic carbocycles. The normalized spacial score (nSPS) is 11.9. The Kier molecular flexibility index (Phi) is 9.92. The van der Waals surface area contributed by atoms with Crippen molar-refractivity contribution in [3.63, 3.8) is 0 Å². The number of alkyl halides is 1. The van der Waals surface area contributed by atoms with Gasteiger partial charge in [-0.2, -0.15) is 0 Å². The molecule has 0 aliphatic heterocycles. The fourth-order valence-corrected chi connectivity index (χ4v) is 1.35. The number of hydrogen-bond acceptors (Lipinski definition) is 4. The molecular weight excluding hydrogens is 244 g/mol. The Hall–Kier alpha value is -0.770. The van der Waals surface area contributed by atoms with Crippen LogP contribution >= 0.6 is 11.6 Å². The minimum atomic E-state index is -0.581. The van der Waals surface area contributed by atoms with E-state index in [-0.39, 0.29) is 30.7 Å². The van der Waals surface area contributed by atoms with Crippen LogP contribution in [0.25, 0.3) is 0 Å². The van der Waals surface area contributed by atoms with Crippen LogP contribution in [-0.2, 0) is 19.1 Å². The van der Waals surface area contributed by atoms with Crippen LogP contribution in [0.2, 0.25) is 0 Å². The van der Waals surface area contributed by atoms with Crippen molar-refractivity contribution in [3.8, 4) is 0 Å². The largest absolute Gasteiger partial charge is 0.466 e. The lowest BCUT2D eigenvalue weighted by Gasteiger charge is -2.14. The smallest absolute Gasteiger partial charge is 0.309 e. The molecule has 0 rings (SSSR count). The lowest BCUT2D eigenvalue weighted by Crippen LogP contribution is -2.24. The number of carbonyl (C=O) groups is 2. The van der Waals surface area contributed by atoms with Gasteiger partial charge < -0.3 is 9.47 Å². The Balaban J connectivity index is 3.78. The third kappa shape index (κ3) is 8.98. The lowest BCUT2D eigenvalue weighted by molar-refractivity contribution is -0.153. The third-order valence-corrected chi connectivity index (χ3v) is 2.51. The van der Waals surface area contributed by atoms with Crippen LogP contribution in [0, 0.1) is 0 Å². The maximum atomic E-state index is 11.4. The van der Waals surface area contributed by atoms with Gasteiger partial charge >= 0.3 is 11.9 Å². The first-order chi connectivity index (χ1) is 8.13. The SMILES string of the molecule is CCCCCOC(=O)CC(CCl)OC(=O)CC. The lowest BCUT2D eigenvalue weighted by atomic mass is 10.2. The zero-order valence-electron chi connectivity index (χ0n) is 10.5. The Morgan fingerprint density at radius 3 is 2.41 bits per heavy atom. The zero-order chi connectivity index (χ0) is 13.1. The van der Waals surface area contributed by atoms with Crippen LogP contribution in [0.5, 0.6) is 0 Å². The van der Waals surface area contributed by atoms with E-state index in [0.717, 1.165) is 19.3 Å². The van der Waals surface area contributed by atoms with Crippen LogP contribution in [0.3, 0.4) is 0 Å². The average Bonchev–Trinajstić information content (AvgIpc) is 2.33. The van der Waals surface area contributed by atoms with E-state index >= 15 is 0 Å². The summed E-state index contributed by atoms with van der Waals surface area (Å²) < 4.78 is 9.98. The van der Waals surface area contributed by atoms with E-state index in [1.807, 2.05) is 0 Å². The van der Waals surface area contributed by atoms with Crippen molar-refractivity contribution in [3.05, 3.63) is 0 Å². The zero-order valence-corrected chi connectivity index (χ0v) is 11.3. The summed E-state index contributed by atoms with van der Waals surface area (Å²) in [4.78, 5) is 22.4. The fourth-order valence-electron chi connectivity index (χ4n) is 1.18. The quantitative estimate of drug-likeness (QED) is 0.365. The third-order valence-electron chi connectivity index (χ3n) is 2.16. The number of halogens is 1. The highest BCUT2D eigenvalue weighted by Crippen LogP contribution is 2.05. The maximum absolute atomic E-state index is 11.4. The second-order valence-corrected chi connectivity index (χ2v) is 4.06. The Labute approximate surface area is 108 Å². The summed E-state index contributed by atoms with van der Waals surface area (Å²) in [6.45, 7) is 4.19. The van der Waals surface area contributed by atoms with E-state index in [1.54, 1.807) is 6.92 Å². The molecule has 1 atom stereocenters. The Morgan fingerprint density at radius 2 is 1.88 bits per heavy atom. The van der Waals surface area contributed by atoms with Crippen LogP contribution in [0.15, 0.2) is 0 Å². The first kappa shape index (κ1) is 16.2. The molecule has 0 aromatic heterocycles. The summed E-state index contributed by atoms with van der Waals surface area (Å²) in [5.74, 6) is -0.611. The van der Waals surface area contributed by atoms with E-state index in [9.17, 15) is 9.59 Å². The van der Waals surface area contributed by atoms with E-state index in [4.69, 9.17) is 21.1 Å². The highest BCUT2D eigenvalue weighted by Gasteiger charge is 2.17. The van der Waals surface area contributed by atoms with Crippen molar-refractivity contribution in [1.82, 2.24) is 0 Å². The summed E-state index contributed by atoms with van der Waals surface area (Å²) in [5.41, 5.74) is 0. The average molecular weight is 265 g/mol. The molecule has 17 heavy (non-hydrogen) atoms. The molecule has 0 aliphatic rings. The van der Waals surface area contributed by atoms with E-state index in [2.05, 4.69) is 6.92 Å². The van der Waals surface area contributed by atoms with Crippen molar-refractivity contribution in [1.29, 1.82) is 0 Å². The van der Waals surface area contributed by atoms with Gasteiger partial charge in [0.05, 0.1) is 18.9 Å². The van der Waals surface area contributed by atoms with Gasteiger partial charge in [-0.25, -0.2) is 0 Å². The van der Waals surface area contributed by atoms with Crippen molar-refractivity contribution < 1.29 is 19.1 Å². The number of carbonyl (C=O) groups excluding carboxylic acids is 2.